The lowest BCUT2D eigenvalue weighted by Crippen LogP contribution is -2.43. The molecule has 7 heteroatoms. The zero-order chi connectivity index (χ0) is 16.8. The molecule has 1 aliphatic heterocycles. The van der Waals surface area contributed by atoms with Gasteiger partial charge in [0.25, 0.3) is 0 Å². The predicted octanol–water partition coefficient (Wildman–Crippen LogP) is 0.520. The molecule has 1 aromatic carbocycles. The van der Waals surface area contributed by atoms with Gasteiger partial charge in [0.1, 0.15) is 0 Å². The van der Waals surface area contributed by atoms with Crippen LogP contribution in [0.3, 0.4) is 0 Å². The maximum absolute atomic E-state index is 11.5. The largest absolute Gasteiger partial charge is 0.355 e. The van der Waals surface area contributed by atoms with Crippen molar-refractivity contribution < 1.29 is 9.59 Å². The number of nitrogens with one attached hydrogen (secondary N) is 3. The molecule has 1 fully saturated rings. The van der Waals surface area contributed by atoms with Gasteiger partial charge in [-0.1, -0.05) is 23.8 Å². The van der Waals surface area contributed by atoms with E-state index in [1.807, 2.05) is 0 Å². The second-order valence-electron chi connectivity index (χ2n) is 5.49. The Balaban J connectivity index is 1.79. The van der Waals surface area contributed by atoms with Crippen LogP contribution in [0.15, 0.2) is 23.2 Å². The molecule has 0 aromatic heterocycles. The second kappa shape index (κ2) is 7.62. The Labute approximate surface area is 136 Å². The zero-order valence-electron chi connectivity index (χ0n) is 13.8. The molecule has 1 aromatic rings. The SMILES string of the molecule is CN=C(NCCN1C(=O)CNC1=O)NCc1ccc(C)cc1C. The van der Waals surface area contributed by atoms with Crippen molar-refractivity contribution in [2.24, 2.45) is 4.99 Å². The van der Waals surface area contributed by atoms with E-state index in [1.165, 1.54) is 21.6 Å². The number of carbonyl (C=O) groups excluding carboxylic acids is 2. The molecule has 0 unspecified atom stereocenters. The average molecular weight is 317 g/mol. The summed E-state index contributed by atoms with van der Waals surface area (Å²) in [7, 11) is 1.69. The highest BCUT2D eigenvalue weighted by molar-refractivity contribution is 6.01. The molecule has 7 nitrogen and oxygen atoms in total. The number of hydrogen-bond donors (Lipinski definition) is 3. The number of nitrogens with zero attached hydrogens (tertiary/aromatic N) is 2. The number of amides is 3. The van der Waals surface area contributed by atoms with Crippen molar-refractivity contribution in [1.82, 2.24) is 20.9 Å². The van der Waals surface area contributed by atoms with Crippen molar-refractivity contribution in [3.63, 3.8) is 0 Å². The fraction of sp³-hybridized carbons (Fsp3) is 0.438. The lowest BCUT2D eigenvalue weighted by Gasteiger charge is -2.16. The van der Waals surface area contributed by atoms with Crippen LogP contribution in [0.25, 0.3) is 0 Å². The minimum atomic E-state index is -0.338. The first-order chi connectivity index (χ1) is 11.0. The quantitative estimate of drug-likeness (QED) is 0.420. The summed E-state index contributed by atoms with van der Waals surface area (Å²) in [5.41, 5.74) is 3.67. The van der Waals surface area contributed by atoms with E-state index in [2.05, 4.69) is 53.0 Å². The average Bonchev–Trinajstić information content (AvgIpc) is 2.83. The molecule has 0 atom stereocenters. The third kappa shape index (κ3) is 4.45. The van der Waals surface area contributed by atoms with Crippen molar-refractivity contribution >= 4 is 17.9 Å². The predicted molar refractivity (Wildman–Crippen MR) is 89.2 cm³/mol. The van der Waals surface area contributed by atoms with E-state index in [0.29, 0.717) is 25.6 Å². The van der Waals surface area contributed by atoms with E-state index < -0.39 is 0 Å². The highest BCUT2D eigenvalue weighted by atomic mass is 16.2. The van der Waals surface area contributed by atoms with E-state index in [9.17, 15) is 9.59 Å². The molecule has 1 heterocycles. The van der Waals surface area contributed by atoms with Crippen LogP contribution in [0, 0.1) is 13.8 Å². The molecular formula is C16H23N5O2. The van der Waals surface area contributed by atoms with Gasteiger partial charge in [-0.15, -0.1) is 0 Å². The number of urea groups is 1. The summed E-state index contributed by atoms with van der Waals surface area (Å²) >= 11 is 0. The van der Waals surface area contributed by atoms with Crippen LogP contribution in [0.4, 0.5) is 4.79 Å². The fourth-order valence-corrected chi connectivity index (χ4v) is 2.41. The molecule has 2 rings (SSSR count). The molecule has 0 bridgehead atoms. The molecule has 3 N–H and O–H groups in total. The van der Waals surface area contributed by atoms with Gasteiger partial charge >= 0.3 is 6.03 Å². The lowest BCUT2D eigenvalue weighted by molar-refractivity contribution is -0.124. The first kappa shape index (κ1) is 16.8. The van der Waals surface area contributed by atoms with Crippen molar-refractivity contribution in [2.75, 3.05) is 26.7 Å². The number of aryl methyl sites for hydroxylation is 2. The van der Waals surface area contributed by atoms with Crippen LogP contribution in [-0.2, 0) is 11.3 Å². The van der Waals surface area contributed by atoms with E-state index in [0.717, 1.165) is 0 Å². The van der Waals surface area contributed by atoms with Crippen LogP contribution >= 0.6 is 0 Å². The van der Waals surface area contributed by atoms with Gasteiger partial charge < -0.3 is 16.0 Å². The van der Waals surface area contributed by atoms with Gasteiger partial charge in [-0.2, -0.15) is 0 Å². The van der Waals surface area contributed by atoms with Crippen LogP contribution in [0.2, 0.25) is 0 Å². The molecule has 1 saturated heterocycles. The van der Waals surface area contributed by atoms with Gasteiger partial charge in [0, 0.05) is 26.7 Å². The maximum atomic E-state index is 11.5. The van der Waals surface area contributed by atoms with E-state index in [-0.39, 0.29) is 18.5 Å². The molecule has 0 saturated carbocycles. The third-order valence-electron chi connectivity index (χ3n) is 3.73. The molecule has 3 amide bonds. The Kier molecular flexibility index (Phi) is 5.56. The first-order valence-electron chi connectivity index (χ1n) is 7.60. The molecule has 0 radical (unpaired) electrons. The summed E-state index contributed by atoms with van der Waals surface area (Å²) in [6.07, 6.45) is 0. The minimum Gasteiger partial charge on any atom is -0.355 e. The van der Waals surface area contributed by atoms with Gasteiger partial charge in [-0.25, -0.2) is 4.79 Å². The van der Waals surface area contributed by atoms with Gasteiger partial charge in [0.05, 0.1) is 6.54 Å². The minimum absolute atomic E-state index is 0.0819. The Morgan fingerprint density at radius 1 is 1.30 bits per heavy atom. The van der Waals surface area contributed by atoms with Crippen molar-refractivity contribution in [3.05, 3.63) is 34.9 Å². The molecule has 0 aliphatic carbocycles. The molecular weight excluding hydrogens is 294 g/mol. The molecule has 23 heavy (non-hydrogen) atoms. The Bertz CT molecular complexity index is 611. The Morgan fingerprint density at radius 3 is 2.70 bits per heavy atom. The van der Waals surface area contributed by atoms with Gasteiger partial charge in [0.15, 0.2) is 5.96 Å². The topological polar surface area (TPSA) is 85.8 Å². The summed E-state index contributed by atoms with van der Waals surface area (Å²) in [6.45, 7) is 5.66. The van der Waals surface area contributed by atoms with E-state index in [4.69, 9.17) is 0 Å². The van der Waals surface area contributed by atoms with Gasteiger partial charge in [0.2, 0.25) is 5.91 Å². The monoisotopic (exact) mass is 317 g/mol. The highest BCUT2D eigenvalue weighted by Gasteiger charge is 2.27. The number of aliphatic imine (C=N–C) groups is 1. The van der Waals surface area contributed by atoms with E-state index in [1.54, 1.807) is 7.05 Å². The molecule has 1 aliphatic rings. The standard InChI is InChI=1S/C16H23N5O2/c1-11-4-5-13(12(2)8-11)9-19-15(17-3)18-6-7-21-14(22)10-20-16(21)23/h4-5,8H,6-7,9-10H2,1-3H3,(H,20,23)(H2,17,18,19). The number of imide groups is 1. The normalized spacial score (nSPS) is 14.9. The summed E-state index contributed by atoms with van der Waals surface area (Å²) < 4.78 is 0. The molecule has 0 spiro atoms. The first-order valence-corrected chi connectivity index (χ1v) is 7.60. The van der Waals surface area contributed by atoms with Crippen LogP contribution in [0.1, 0.15) is 16.7 Å². The Morgan fingerprint density at radius 2 is 2.09 bits per heavy atom. The summed E-state index contributed by atoms with van der Waals surface area (Å²) in [4.78, 5) is 28.2. The summed E-state index contributed by atoms with van der Waals surface area (Å²) in [5.74, 6) is 0.437. The number of benzene rings is 1. The highest BCUT2D eigenvalue weighted by Crippen LogP contribution is 2.09. The van der Waals surface area contributed by atoms with Crippen molar-refractivity contribution in [2.45, 2.75) is 20.4 Å². The maximum Gasteiger partial charge on any atom is 0.324 e. The smallest absolute Gasteiger partial charge is 0.324 e. The fourth-order valence-electron chi connectivity index (χ4n) is 2.41. The number of hydrogen-bond acceptors (Lipinski definition) is 3. The molecule has 124 valence electrons. The van der Waals surface area contributed by atoms with Crippen LogP contribution in [-0.4, -0.2) is 49.5 Å². The third-order valence-corrected chi connectivity index (χ3v) is 3.73. The van der Waals surface area contributed by atoms with Gasteiger partial charge in [-0.05, 0) is 25.0 Å². The number of rotatable bonds is 5. The lowest BCUT2D eigenvalue weighted by atomic mass is 10.1. The van der Waals surface area contributed by atoms with Crippen molar-refractivity contribution in [1.29, 1.82) is 0 Å². The summed E-state index contributed by atoms with van der Waals surface area (Å²) in [6, 6.07) is 5.98. The van der Waals surface area contributed by atoms with E-state index >= 15 is 0 Å². The van der Waals surface area contributed by atoms with Crippen molar-refractivity contribution in [3.8, 4) is 0 Å². The number of carbonyl (C=O) groups is 2. The van der Waals surface area contributed by atoms with Crippen LogP contribution in [0.5, 0.6) is 0 Å². The summed E-state index contributed by atoms with van der Waals surface area (Å²) in [5, 5.41) is 8.82. The second-order valence-corrected chi connectivity index (χ2v) is 5.49. The van der Waals surface area contributed by atoms with Crippen LogP contribution < -0.4 is 16.0 Å². The van der Waals surface area contributed by atoms with Gasteiger partial charge in [-0.3, -0.25) is 14.7 Å². The zero-order valence-corrected chi connectivity index (χ0v) is 13.8. The number of guanidine groups is 1. The Hall–Kier alpha value is -2.57.